The van der Waals surface area contributed by atoms with Gasteiger partial charge in [-0.2, -0.15) is 0 Å². The predicted molar refractivity (Wildman–Crippen MR) is 137 cm³/mol. The number of hydrogen-bond donors (Lipinski definition) is 0. The minimum Gasteiger partial charge on any atom is -0.462 e. The molecular formula is C30H50O4. The Hall–Kier alpha value is -1.32. The van der Waals surface area contributed by atoms with Gasteiger partial charge in [-0.05, 0) is 102 Å². The minimum atomic E-state index is -0.208. The van der Waals surface area contributed by atoms with E-state index < -0.39 is 0 Å². The Morgan fingerprint density at radius 1 is 0.706 bits per heavy atom. The van der Waals surface area contributed by atoms with Crippen LogP contribution >= 0.6 is 0 Å². The average Bonchev–Trinajstić information content (AvgIpc) is 2.85. The van der Waals surface area contributed by atoms with Gasteiger partial charge in [-0.25, -0.2) is 4.79 Å². The molecule has 0 aliphatic heterocycles. The quantitative estimate of drug-likeness (QED) is 0.173. The zero-order valence-corrected chi connectivity index (χ0v) is 22.0. The molecule has 0 aromatic carbocycles. The van der Waals surface area contributed by atoms with E-state index in [0.29, 0.717) is 0 Å². The smallest absolute Gasteiger partial charge is 0.330 e. The third-order valence-electron chi connectivity index (χ3n) is 8.87. The number of allylic oxidation sites excluding steroid dienone is 1. The number of carbonyl (C=O) groups excluding carboxylic acids is 2. The van der Waals surface area contributed by atoms with Crippen LogP contribution in [0.5, 0.6) is 0 Å². The summed E-state index contributed by atoms with van der Waals surface area (Å²) in [5.74, 6) is 2.30. The van der Waals surface area contributed by atoms with E-state index in [0.717, 1.165) is 82.0 Å². The lowest BCUT2D eigenvalue weighted by Gasteiger charge is -2.37. The van der Waals surface area contributed by atoms with Crippen LogP contribution in [0.1, 0.15) is 129 Å². The lowest BCUT2D eigenvalue weighted by molar-refractivity contribution is -0.157. The van der Waals surface area contributed by atoms with Crippen molar-refractivity contribution in [2.75, 3.05) is 0 Å². The van der Waals surface area contributed by atoms with Crippen molar-refractivity contribution in [3.05, 3.63) is 12.2 Å². The van der Waals surface area contributed by atoms with Crippen LogP contribution in [-0.2, 0) is 19.1 Å². The standard InChI is InChI=1S/C30H50O4/c1-3-5-6-7-8-10-23-11-19-28(20-12-23)34-30(32)26-15-13-24(14-16-26)25-17-21-27(22-18-25)33-29(31)9-4-2/h4,9,23-28H,3,5-8,10-22H2,1-2H3/b9-4+/t23-,24-,25-,26-,27-,28-. The lowest BCUT2D eigenvalue weighted by atomic mass is 9.70. The molecule has 3 fully saturated rings. The first-order valence-corrected chi connectivity index (χ1v) is 14.6. The van der Waals surface area contributed by atoms with Crippen molar-refractivity contribution < 1.29 is 19.1 Å². The maximum absolute atomic E-state index is 12.8. The van der Waals surface area contributed by atoms with Crippen LogP contribution in [0.15, 0.2) is 12.2 Å². The molecule has 3 aliphatic carbocycles. The molecule has 0 heterocycles. The topological polar surface area (TPSA) is 52.6 Å². The van der Waals surface area contributed by atoms with E-state index in [4.69, 9.17) is 9.47 Å². The fraction of sp³-hybridized carbons (Fsp3) is 0.867. The molecule has 0 radical (unpaired) electrons. The van der Waals surface area contributed by atoms with E-state index in [-0.39, 0.29) is 30.1 Å². The van der Waals surface area contributed by atoms with Crippen LogP contribution in [-0.4, -0.2) is 24.1 Å². The second-order valence-electron chi connectivity index (χ2n) is 11.4. The summed E-state index contributed by atoms with van der Waals surface area (Å²) in [7, 11) is 0. The fourth-order valence-electron chi connectivity index (χ4n) is 6.68. The molecule has 3 rings (SSSR count). The Kier molecular flexibility index (Phi) is 12.0. The molecule has 0 spiro atoms. The molecule has 0 bridgehead atoms. The summed E-state index contributed by atoms with van der Waals surface area (Å²) >= 11 is 0. The Morgan fingerprint density at radius 3 is 1.88 bits per heavy atom. The summed E-state index contributed by atoms with van der Waals surface area (Å²) in [6, 6.07) is 0. The van der Waals surface area contributed by atoms with Crippen LogP contribution in [0.25, 0.3) is 0 Å². The van der Waals surface area contributed by atoms with E-state index in [1.165, 1.54) is 57.4 Å². The van der Waals surface area contributed by atoms with Gasteiger partial charge in [0.05, 0.1) is 5.92 Å². The minimum absolute atomic E-state index is 0.0843. The maximum atomic E-state index is 12.8. The van der Waals surface area contributed by atoms with Crippen LogP contribution in [0.3, 0.4) is 0 Å². The Labute approximate surface area is 208 Å². The molecule has 0 aromatic heterocycles. The normalized spacial score (nSPS) is 32.4. The highest BCUT2D eigenvalue weighted by Gasteiger charge is 2.35. The largest absolute Gasteiger partial charge is 0.462 e. The monoisotopic (exact) mass is 474 g/mol. The molecule has 0 amide bonds. The van der Waals surface area contributed by atoms with E-state index in [2.05, 4.69) is 6.92 Å². The molecule has 3 aliphatic rings. The molecule has 0 unspecified atom stereocenters. The zero-order chi connectivity index (χ0) is 24.2. The summed E-state index contributed by atoms with van der Waals surface area (Å²) in [6.45, 7) is 4.11. The Morgan fingerprint density at radius 2 is 1.26 bits per heavy atom. The van der Waals surface area contributed by atoms with Crippen molar-refractivity contribution in [1.82, 2.24) is 0 Å². The number of carbonyl (C=O) groups is 2. The molecule has 0 atom stereocenters. The van der Waals surface area contributed by atoms with Gasteiger partial charge in [0.1, 0.15) is 12.2 Å². The van der Waals surface area contributed by atoms with Crippen LogP contribution in [0.2, 0.25) is 0 Å². The average molecular weight is 475 g/mol. The fourth-order valence-corrected chi connectivity index (χ4v) is 6.68. The van der Waals surface area contributed by atoms with Crippen molar-refractivity contribution in [2.45, 2.75) is 142 Å². The second kappa shape index (κ2) is 14.9. The van der Waals surface area contributed by atoms with Crippen molar-refractivity contribution >= 4 is 11.9 Å². The van der Waals surface area contributed by atoms with Gasteiger partial charge in [0, 0.05) is 6.08 Å². The molecule has 4 nitrogen and oxygen atoms in total. The SMILES string of the molecule is C/C=C/C(=O)O[C@H]1CC[C@H]([C@H]2CC[C@H](C(=O)O[C@H]3CC[C@H](CCCCCCC)CC3)CC2)CC1. The van der Waals surface area contributed by atoms with Crippen LogP contribution in [0.4, 0.5) is 0 Å². The van der Waals surface area contributed by atoms with Crippen molar-refractivity contribution in [3.8, 4) is 0 Å². The second-order valence-corrected chi connectivity index (χ2v) is 11.4. The predicted octanol–water partition coefficient (Wildman–Crippen LogP) is 7.93. The number of unbranched alkanes of at least 4 members (excludes halogenated alkanes) is 4. The zero-order valence-electron chi connectivity index (χ0n) is 22.0. The van der Waals surface area contributed by atoms with Gasteiger partial charge in [0.2, 0.25) is 0 Å². The third kappa shape index (κ3) is 9.04. The highest BCUT2D eigenvalue weighted by atomic mass is 16.5. The number of esters is 2. The van der Waals surface area contributed by atoms with Gasteiger partial charge in [0.25, 0.3) is 0 Å². The van der Waals surface area contributed by atoms with Crippen LogP contribution < -0.4 is 0 Å². The summed E-state index contributed by atoms with van der Waals surface area (Å²) in [5, 5.41) is 0. The van der Waals surface area contributed by atoms with E-state index in [1.54, 1.807) is 6.08 Å². The van der Waals surface area contributed by atoms with E-state index in [9.17, 15) is 9.59 Å². The van der Waals surface area contributed by atoms with Crippen LogP contribution in [0, 0.1) is 23.7 Å². The first-order valence-electron chi connectivity index (χ1n) is 14.6. The maximum Gasteiger partial charge on any atom is 0.330 e. The Bertz CT molecular complexity index is 618. The number of ether oxygens (including phenoxy) is 2. The number of rotatable bonds is 11. The molecule has 0 aromatic rings. The van der Waals surface area contributed by atoms with Gasteiger partial charge in [-0.1, -0.05) is 51.5 Å². The van der Waals surface area contributed by atoms with Gasteiger partial charge in [0.15, 0.2) is 0 Å². The first-order chi connectivity index (χ1) is 16.6. The molecule has 0 saturated heterocycles. The lowest BCUT2D eigenvalue weighted by Crippen LogP contribution is -2.33. The third-order valence-corrected chi connectivity index (χ3v) is 8.87. The summed E-state index contributed by atoms with van der Waals surface area (Å²) in [6.07, 6.45) is 24.9. The molecule has 3 saturated carbocycles. The van der Waals surface area contributed by atoms with Gasteiger partial charge in [-0.15, -0.1) is 0 Å². The van der Waals surface area contributed by atoms with Crippen molar-refractivity contribution in [3.63, 3.8) is 0 Å². The number of hydrogen-bond acceptors (Lipinski definition) is 4. The summed E-state index contributed by atoms with van der Waals surface area (Å²) in [5.41, 5.74) is 0. The first kappa shape index (κ1) is 27.3. The molecule has 194 valence electrons. The summed E-state index contributed by atoms with van der Waals surface area (Å²) in [4.78, 5) is 24.5. The highest BCUT2D eigenvalue weighted by molar-refractivity contribution is 5.81. The van der Waals surface area contributed by atoms with E-state index in [1.807, 2.05) is 6.92 Å². The highest BCUT2D eigenvalue weighted by Crippen LogP contribution is 2.41. The van der Waals surface area contributed by atoms with Crippen molar-refractivity contribution in [2.24, 2.45) is 23.7 Å². The molecule has 34 heavy (non-hydrogen) atoms. The molecule has 0 N–H and O–H groups in total. The van der Waals surface area contributed by atoms with Gasteiger partial charge < -0.3 is 9.47 Å². The van der Waals surface area contributed by atoms with Crippen molar-refractivity contribution in [1.29, 1.82) is 0 Å². The Balaban J connectivity index is 1.27. The van der Waals surface area contributed by atoms with Gasteiger partial charge >= 0.3 is 11.9 Å². The van der Waals surface area contributed by atoms with Gasteiger partial charge in [-0.3, -0.25) is 4.79 Å². The molecular weight excluding hydrogens is 424 g/mol. The summed E-state index contributed by atoms with van der Waals surface area (Å²) < 4.78 is 11.5. The van der Waals surface area contributed by atoms with E-state index >= 15 is 0 Å². The molecule has 4 heteroatoms.